The number of carbonyl (C=O) groups excluding carboxylic acids is 3. The third kappa shape index (κ3) is 2.63. The first kappa shape index (κ1) is 17.3. The topological polar surface area (TPSA) is 51.2 Å². The summed E-state index contributed by atoms with van der Waals surface area (Å²) in [4.78, 5) is 40.2. The fourth-order valence-electron chi connectivity index (χ4n) is 4.17. The SMILES string of the molecule is O=C1C2=C(C(=O)c3ccccc31)C(c1ccccc1)C(=O)C2=Cc1ccccc1. The highest BCUT2D eigenvalue weighted by molar-refractivity contribution is 6.37. The van der Waals surface area contributed by atoms with Crippen LogP contribution in [-0.2, 0) is 4.79 Å². The summed E-state index contributed by atoms with van der Waals surface area (Å²) in [5, 5.41) is 0. The fourth-order valence-corrected chi connectivity index (χ4v) is 4.17. The zero-order valence-electron chi connectivity index (χ0n) is 15.5. The van der Waals surface area contributed by atoms with Crippen molar-refractivity contribution in [3.05, 3.63) is 124 Å². The third-order valence-corrected chi connectivity index (χ3v) is 5.49. The monoisotopic (exact) mass is 376 g/mol. The van der Waals surface area contributed by atoms with Crippen LogP contribution in [0, 0.1) is 0 Å². The maximum Gasteiger partial charge on any atom is 0.194 e. The number of carbonyl (C=O) groups is 3. The molecule has 0 radical (unpaired) electrons. The normalized spacial score (nSPS) is 19.5. The molecule has 2 aliphatic rings. The van der Waals surface area contributed by atoms with Gasteiger partial charge in [-0.25, -0.2) is 0 Å². The number of benzene rings is 3. The van der Waals surface area contributed by atoms with E-state index in [2.05, 4.69) is 0 Å². The first-order chi connectivity index (χ1) is 14.2. The average molecular weight is 376 g/mol. The lowest BCUT2D eigenvalue weighted by Crippen LogP contribution is -2.22. The summed E-state index contributed by atoms with van der Waals surface area (Å²) in [6.07, 6.45) is 1.72. The first-order valence-electron chi connectivity index (χ1n) is 9.45. The highest BCUT2D eigenvalue weighted by Gasteiger charge is 2.47. The number of fused-ring (bicyclic) bond motifs is 1. The second kappa shape index (κ2) is 6.64. The summed E-state index contributed by atoms with van der Waals surface area (Å²) in [5.41, 5.74) is 3.12. The van der Waals surface area contributed by atoms with Crippen LogP contribution in [-0.4, -0.2) is 17.3 Å². The van der Waals surface area contributed by atoms with E-state index in [1.165, 1.54) is 0 Å². The maximum absolute atomic E-state index is 13.5. The van der Waals surface area contributed by atoms with Crippen LogP contribution < -0.4 is 0 Å². The quantitative estimate of drug-likeness (QED) is 0.603. The third-order valence-electron chi connectivity index (χ3n) is 5.49. The van der Waals surface area contributed by atoms with Gasteiger partial charge >= 0.3 is 0 Å². The zero-order valence-corrected chi connectivity index (χ0v) is 15.5. The average Bonchev–Trinajstić information content (AvgIpc) is 3.06. The Labute approximate surface area is 168 Å². The molecule has 0 spiro atoms. The van der Waals surface area contributed by atoms with Crippen molar-refractivity contribution in [1.82, 2.24) is 0 Å². The molecule has 0 bridgehead atoms. The molecule has 0 amide bonds. The van der Waals surface area contributed by atoms with Crippen LogP contribution in [0.15, 0.2) is 102 Å². The standard InChI is InChI=1S/C26H16O3/c27-24-18-13-7-8-14-19(18)25(28)23-21(17-11-5-2-6-12-17)26(29)20(22(23)24)15-16-9-3-1-4-10-16/h1-15,21H. The molecular weight excluding hydrogens is 360 g/mol. The van der Waals surface area contributed by atoms with Gasteiger partial charge in [0, 0.05) is 27.8 Å². The Morgan fingerprint density at radius 2 is 1.17 bits per heavy atom. The largest absolute Gasteiger partial charge is 0.293 e. The number of allylic oxidation sites excluding steroid dienone is 3. The molecule has 0 heterocycles. The molecule has 138 valence electrons. The van der Waals surface area contributed by atoms with E-state index in [0.29, 0.717) is 22.3 Å². The van der Waals surface area contributed by atoms with Crippen molar-refractivity contribution >= 4 is 23.4 Å². The Morgan fingerprint density at radius 3 is 1.83 bits per heavy atom. The Hall–Kier alpha value is -3.85. The highest BCUT2D eigenvalue weighted by Crippen LogP contribution is 2.46. The van der Waals surface area contributed by atoms with Gasteiger partial charge in [0.2, 0.25) is 0 Å². The molecule has 29 heavy (non-hydrogen) atoms. The first-order valence-corrected chi connectivity index (χ1v) is 9.45. The Bertz CT molecular complexity index is 1230. The summed E-state index contributed by atoms with van der Waals surface area (Å²) in [7, 11) is 0. The molecule has 0 saturated carbocycles. The molecule has 1 atom stereocenters. The second-order valence-electron chi connectivity index (χ2n) is 7.17. The summed E-state index contributed by atoms with van der Waals surface area (Å²) < 4.78 is 0. The van der Waals surface area contributed by atoms with Crippen LogP contribution in [0.3, 0.4) is 0 Å². The van der Waals surface area contributed by atoms with Crippen molar-refractivity contribution in [3.63, 3.8) is 0 Å². The van der Waals surface area contributed by atoms with Gasteiger partial charge in [0.15, 0.2) is 17.3 Å². The van der Waals surface area contributed by atoms with Gasteiger partial charge in [-0.2, -0.15) is 0 Å². The summed E-state index contributed by atoms with van der Waals surface area (Å²) in [5.74, 6) is -1.47. The van der Waals surface area contributed by atoms with Gasteiger partial charge in [-0.3, -0.25) is 14.4 Å². The van der Waals surface area contributed by atoms with Crippen molar-refractivity contribution in [2.45, 2.75) is 5.92 Å². The van der Waals surface area contributed by atoms with Crippen molar-refractivity contribution in [2.75, 3.05) is 0 Å². The van der Waals surface area contributed by atoms with Crippen LogP contribution in [0.2, 0.25) is 0 Å². The lowest BCUT2D eigenvalue weighted by Gasteiger charge is -2.19. The fraction of sp³-hybridized carbons (Fsp3) is 0.0385. The number of ketones is 3. The molecule has 0 N–H and O–H groups in total. The second-order valence-corrected chi connectivity index (χ2v) is 7.17. The minimum atomic E-state index is -0.758. The van der Waals surface area contributed by atoms with Crippen LogP contribution in [0.5, 0.6) is 0 Å². The molecule has 3 aromatic carbocycles. The summed E-state index contributed by atoms with van der Waals surface area (Å²) in [6, 6.07) is 25.4. The molecular formula is C26H16O3. The molecule has 2 aliphatic carbocycles. The van der Waals surface area contributed by atoms with E-state index in [1.54, 1.807) is 30.3 Å². The van der Waals surface area contributed by atoms with E-state index in [4.69, 9.17) is 0 Å². The van der Waals surface area contributed by atoms with Crippen LogP contribution in [0.25, 0.3) is 6.08 Å². The number of Topliss-reactive ketones (excluding diaryl/α,β-unsaturated/α-hetero) is 3. The minimum absolute atomic E-state index is 0.209. The minimum Gasteiger partial charge on any atom is -0.293 e. The number of hydrogen-bond donors (Lipinski definition) is 0. The van der Waals surface area contributed by atoms with E-state index in [0.717, 1.165) is 11.1 Å². The van der Waals surface area contributed by atoms with E-state index in [9.17, 15) is 14.4 Å². The van der Waals surface area contributed by atoms with E-state index in [-0.39, 0.29) is 22.9 Å². The molecule has 0 fully saturated rings. The van der Waals surface area contributed by atoms with Crippen molar-refractivity contribution in [1.29, 1.82) is 0 Å². The van der Waals surface area contributed by atoms with Gasteiger partial charge in [-0.15, -0.1) is 0 Å². The van der Waals surface area contributed by atoms with Gasteiger partial charge < -0.3 is 0 Å². The highest BCUT2D eigenvalue weighted by atomic mass is 16.1. The molecule has 3 heteroatoms. The van der Waals surface area contributed by atoms with E-state index in [1.807, 2.05) is 60.7 Å². The smallest absolute Gasteiger partial charge is 0.194 e. The lowest BCUT2D eigenvalue weighted by molar-refractivity contribution is -0.115. The lowest BCUT2D eigenvalue weighted by atomic mass is 9.80. The molecule has 0 saturated heterocycles. The van der Waals surface area contributed by atoms with Crippen LogP contribution in [0.1, 0.15) is 37.8 Å². The number of rotatable bonds is 2. The predicted octanol–water partition coefficient (Wildman–Crippen LogP) is 4.81. The van der Waals surface area contributed by atoms with Gasteiger partial charge in [0.05, 0.1) is 5.92 Å². The molecule has 3 aromatic rings. The summed E-state index contributed by atoms with van der Waals surface area (Å²) in [6.45, 7) is 0. The van der Waals surface area contributed by atoms with Gasteiger partial charge in [-0.05, 0) is 17.2 Å². The molecule has 0 aliphatic heterocycles. The summed E-state index contributed by atoms with van der Waals surface area (Å²) >= 11 is 0. The number of hydrogen-bond acceptors (Lipinski definition) is 3. The molecule has 0 aromatic heterocycles. The molecule has 1 unspecified atom stereocenters. The van der Waals surface area contributed by atoms with Gasteiger partial charge in [0.1, 0.15) is 0 Å². The molecule has 3 nitrogen and oxygen atoms in total. The van der Waals surface area contributed by atoms with E-state index >= 15 is 0 Å². The zero-order chi connectivity index (χ0) is 20.0. The maximum atomic E-state index is 13.5. The van der Waals surface area contributed by atoms with E-state index < -0.39 is 5.92 Å². The predicted molar refractivity (Wildman–Crippen MR) is 111 cm³/mol. The Morgan fingerprint density at radius 1 is 0.621 bits per heavy atom. The van der Waals surface area contributed by atoms with Gasteiger partial charge in [0.25, 0.3) is 0 Å². The van der Waals surface area contributed by atoms with Gasteiger partial charge in [-0.1, -0.05) is 84.9 Å². The Kier molecular flexibility index (Phi) is 3.95. The molecule has 5 rings (SSSR count). The van der Waals surface area contributed by atoms with Crippen molar-refractivity contribution in [2.24, 2.45) is 0 Å². The van der Waals surface area contributed by atoms with Crippen molar-refractivity contribution in [3.8, 4) is 0 Å². The van der Waals surface area contributed by atoms with Crippen molar-refractivity contribution < 1.29 is 14.4 Å². The van der Waals surface area contributed by atoms with Crippen LogP contribution in [0.4, 0.5) is 0 Å². The van der Waals surface area contributed by atoms with Crippen LogP contribution >= 0.6 is 0 Å². The Balaban J connectivity index is 1.78.